The zero-order valence-electron chi connectivity index (χ0n) is 9.88. The fraction of sp³-hybridized carbons (Fsp3) is 0.417. The van der Waals surface area contributed by atoms with Gasteiger partial charge in [0, 0.05) is 7.11 Å². The van der Waals surface area contributed by atoms with Gasteiger partial charge in [-0.1, -0.05) is 0 Å². The Morgan fingerprint density at radius 1 is 1.29 bits per heavy atom. The van der Waals surface area contributed by atoms with E-state index in [2.05, 4.69) is 0 Å². The summed E-state index contributed by atoms with van der Waals surface area (Å²) in [5.41, 5.74) is 0.366. The number of hydrogen-bond acceptors (Lipinski definition) is 5. The third-order valence-corrected chi connectivity index (χ3v) is 2.02. The van der Waals surface area contributed by atoms with Crippen molar-refractivity contribution in [2.24, 2.45) is 0 Å². The fourth-order valence-electron chi connectivity index (χ4n) is 1.15. The van der Waals surface area contributed by atoms with Crippen molar-refractivity contribution in [1.29, 1.82) is 0 Å². The molecule has 1 unspecified atom stereocenters. The molecule has 5 nitrogen and oxygen atoms in total. The molecule has 0 amide bonds. The van der Waals surface area contributed by atoms with Gasteiger partial charge in [-0.25, -0.2) is 4.79 Å². The molecular weight excluding hydrogens is 224 g/mol. The van der Waals surface area contributed by atoms with E-state index in [1.807, 2.05) is 0 Å². The third-order valence-electron chi connectivity index (χ3n) is 2.02. The largest absolute Gasteiger partial charge is 0.508 e. The lowest BCUT2D eigenvalue weighted by Crippen LogP contribution is -2.20. The zero-order chi connectivity index (χ0) is 12.7. The number of rotatable bonds is 6. The Labute approximate surface area is 99.9 Å². The molecule has 0 bridgehead atoms. The molecule has 1 N–H and O–H groups in total. The van der Waals surface area contributed by atoms with E-state index in [1.165, 1.54) is 24.3 Å². The summed E-state index contributed by atoms with van der Waals surface area (Å²) in [6.45, 7) is 2.44. The summed E-state index contributed by atoms with van der Waals surface area (Å²) in [4.78, 5) is 11.6. The first-order valence-corrected chi connectivity index (χ1v) is 5.24. The van der Waals surface area contributed by atoms with Crippen LogP contribution in [0, 0.1) is 0 Å². The minimum atomic E-state index is -0.633. The van der Waals surface area contributed by atoms with Gasteiger partial charge >= 0.3 is 5.97 Å². The molecule has 1 aromatic rings. The van der Waals surface area contributed by atoms with Crippen molar-refractivity contribution < 1.29 is 24.1 Å². The molecular formula is C12H16O5. The number of phenols is 1. The minimum absolute atomic E-state index is 0.103. The first-order valence-electron chi connectivity index (χ1n) is 5.24. The van der Waals surface area contributed by atoms with Crippen molar-refractivity contribution in [1.82, 2.24) is 0 Å². The van der Waals surface area contributed by atoms with E-state index in [-0.39, 0.29) is 5.75 Å². The Hall–Kier alpha value is -1.59. The van der Waals surface area contributed by atoms with Crippen molar-refractivity contribution in [3.8, 4) is 5.75 Å². The molecule has 0 aliphatic rings. The smallest absolute Gasteiger partial charge is 0.340 e. The van der Waals surface area contributed by atoms with Crippen LogP contribution in [0.25, 0.3) is 0 Å². The summed E-state index contributed by atoms with van der Waals surface area (Å²) in [5, 5.41) is 9.07. The number of methoxy groups -OCH3 is 1. The molecule has 0 aliphatic carbocycles. The van der Waals surface area contributed by atoms with Crippen LogP contribution in [0.5, 0.6) is 5.75 Å². The number of carbonyl (C=O) groups is 1. The maximum Gasteiger partial charge on any atom is 0.340 e. The predicted octanol–water partition coefficient (Wildman–Crippen LogP) is 1.56. The molecule has 17 heavy (non-hydrogen) atoms. The minimum Gasteiger partial charge on any atom is -0.508 e. The Morgan fingerprint density at radius 2 is 1.94 bits per heavy atom. The molecule has 0 heterocycles. The van der Waals surface area contributed by atoms with Crippen LogP contribution in [0.1, 0.15) is 17.3 Å². The van der Waals surface area contributed by atoms with Crippen molar-refractivity contribution >= 4 is 5.97 Å². The van der Waals surface area contributed by atoms with E-state index in [4.69, 9.17) is 19.3 Å². The molecule has 0 aliphatic heterocycles. The second-order valence-electron chi connectivity index (χ2n) is 3.38. The molecule has 1 rings (SSSR count). The average molecular weight is 240 g/mol. The molecule has 0 saturated heterocycles. The maximum atomic E-state index is 11.6. The molecule has 5 heteroatoms. The Kier molecular flexibility index (Phi) is 5.45. The number of hydrogen-bond donors (Lipinski definition) is 1. The van der Waals surface area contributed by atoms with Crippen LogP contribution in [0.3, 0.4) is 0 Å². The van der Waals surface area contributed by atoms with Gasteiger partial charge in [-0.3, -0.25) is 0 Å². The van der Waals surface area contributed by atoms with Crippen molar-refractivity contribution in [2.75, 3.05) is 20.3 Å². The van der Waals surface area contributed by atoms with Crippen LogP contribution >= 0.6 is 0 Å². The Balaban J connectivity index is 2.40. The molecule has 1 atom stereocenters. The van der Waals surface area contributed by atoms with Gasteiger partial charge in [-0.15, -0.1) is 0 Å². The summed E-state index contributed by atoms with van der Waals surface area (Å²) in [6, 6.07) is 5.82. The second kappa shape index (κ2) is 6.88. The average Bonchev–Trinajstić information content (AvgIpc) is 2.30. The summed E-state index contributed by atoms with van der Waals surface area (Å²) >= 11 is 0. The van der Waals surface area contributed by atoms with Gasteiger partial charge in [0.2, 0.25) is 6.29 Å². The number of carbonyl (C=O) groups excluding carboxylic acids is 1. The van der Waals surface area contributed by atoms with Crippen molar-refractivity contribution in [3.63, 3.8) is 0 Å². The number of esters is 1. The standard InChI is InChI=1S/C12H16O5/c1-9(16-8-7-15-2)17-12(14)10-3-5-11(13)6-4-10/h3-6,9,13H,7-8H2,1-2H3. The highest BCUT2D eigenvalue weighted by Gasteiger charge is 2.11. The van der Waals surface area contributed by atoms with Crippen LogP contribution in [0.2, 0.25) is 0 Å². The van der Waals surface area contributed by atoms with Gasteiger partial charge < -0.3 is 19.3 Å². The summed E-state index contributed by atoms with van der Waals surface area (Å²) < 4.78 is 15.0. The van der Waals surface area contributed by atoms with Crippen LogP contribution in [-0.4, -0.2) is 37.7 Å². The highest BCUT2D eigenvalue weighted by molar-refractivity contribution is 5.89. The van der Waals surface area contributed by atoms with Crippen LogP contribution in [-0.2, 0) is 14.2 Å². The van der Waals surface area contributed by atoms with Gasteiger partial charge in [-0.05, 0) is 31.2 Å². The highest BCUT2D eigenvalue weighted by Crippen LogP contribution is 2.11. The number of aromatic hydroxyl groups is 1. The normalized spacial score (nSPS) is 12.1. The molecule has 0 spiro atoms. The van der Waals surface area contributed by atoms with Gasteiger partial charge in [0.1, 0.15) is 5.75 Å². The van der Waals surface area contributed by atoms with Crippen molar-refractivity contribution in [3.05, 3.63) is 29.8 Å². The van der Waals surface area contributed by atoms with E-state index < -0.39 is 12.3 Å². The second-order valence-corrected chi connectivity index (χ2v) is 3.38. The van der Waals surface area contributed by atoms with Crippen LogP contribution in [0.15, 0.2) is 24.3 Å². The quantitative estimate of drug-likeness (QED) is 0.464. The van der Waals surface area contributed by atoms with E-state index in [0.29, 0.717) is 18.8 Å². The van der Waals surface area contributed by atoms with E-state index >= 15 is 0 Å². The Morgan fingerprint density at radius 3 is 2.53 bits per heavy atom. The summed E-state index contributed by atoms with van der Waals surface area (Å²) in [5.74, 6) is -0.388. The fourth-order valence-corrected chi connectivity index (χ4v) is 1.15. The molecule has 94 valence electrons. The Bertz CT molecular complexity index is 346. The van der Waals surface area contributed by atoms with E-state index in [0.717, 1.165) is 0 Å². The van der Waals surface area contributed by atoms with Crippen LogP contribution < -0.4 is 0 Å². The maximum absolute atomic E-state index is 11.6. The van der Waals surface area contributed by atoms with Gasteiger partial charge in [-0.2, -0.15) is 0 Å². The lowest BCUT2D eigenvalue weighted by atomic mass is 10.2. The van der Waals surface area contributed by atoms with Gasteiger partial charge in [0.15, 0.2) is 0 Å². The lowest BCUT2D eigenvalue weighted by molar-refractivity contribution is -0.107. The molecule has 0 saturated carbocycles. The lowest BCUT2D eigenvalue weighted by Gasteiger charge is -2.13. The zero-order valence-corrected chi connectivity index (χ0v) is 9.88. The number of phenolic OH excluding ortho intramolecular Hbond substituents is 1. The topological polar surface area (TPSA) is 65.0 Å². The molecule has 0 fully saturated rings. The number of benzene rings is 1. The summed E-state index contributed by atoms with van der Waals surface area (Å²) in [7, 11) is 1.57. The monoisotopic (exact) mass is 240 g/mol. The predicted molar refractivity (Wildman–Crippen MR) is 60.8 cm³/mol. The molecule has 0 radical (unpaired) electrons. The molecule has 1 aromatic carbocycles. The highest BCUT2D eigenvalue weighted by atomic mass is 16.7. The van der Waals surface area contributed by atoms with Crippen LogP contribution in [0.4, 0.5) is 0 Å². The van der Waals surface area contributed by atoms with Crippen molar-refractivity contribution in [2.45, 2.75) is 13.2 Å². The van der Waals surface area contributed by atoms with E-state index in [1.54, 1.807) is 14.0 Å². The first-order chi connectivity index (χ1) is 8.13. The van der Waals surface area contributed by atoms with Gasteiger partial charge in [0.25, 0.3) is 0 Å². The summed E-state index contributed by atoms with van der Waals surface area (Å²) in [6.07, 6.45) is -0.633. The number of ether oxygens (including phenoxy) is 3. The van der Waals surface area contributed by atoms with E-state index in [9.17, 15) is 4.79 Å². The van der Waals surface area contributed by atoms with Gasteiger partial charge in [0.05, 0.1) is 18.8 Å². The SMILES string of the molecule is COCCOC(C)OC(=O)c1ccc(O)cc1. The third kappa shape index (κ3) is 4.84. The first kappa shape index (κ1) is 13.5. The molecule has 0 aromatic heterocycles.